The fourth-order valence-electron chi connectivity index (χ4n) is 6.22. The Kier molecular flexibility index (Phi) is 0.721. The van der Waals surface area contributed by atoms with Crippen LogP contribution in [0.25, 0.3) is 0 Å². The van der Waals surface area contributed by atoms with Crippen molar-refractivity contribution >= 4 is 5.78 Å². The SMILES string of the molecule is O=C1CCC2C1C1C3CC4C(C23)C41. The number of Topliss-reactive ketones (excluding diaryl/α,β-unsaturated/α-hetero) is 1. The van der Waals surface area contributed by atoms with Crippen molar-refractivity contribution in [1.29, 1.82) is 0 Å². The second-order valence-electron chi connectivity index (χ2n) is 6.07. The lowest BCUT2D eigenvalue weighted by atomic mass is 9.81. The number of ketones is 1. The molecule has 0 N–H and O–H groups in total. The van der Waals surface area contributed by atoms with Crippen molar-refractivity contribution in [1.82, 2.24) is 0 Å². The van der Waals surface area contributed by atoms with Crippen molar-refractivity contribution in [2.45, 2.75) is 19.3 Å². The molecule has 0 aromatic heterocycles. The highest BCUT2D eigenvalue weighted by Gasteiger charge is 2.81. The number of hydrogen-bond donors (Lipinski definition) is 0. The second-order valence-corrected chi connectivity index (χ2v) is 6.07. The van der Waals surface area contributed by atoms with Crippen molar-refractivity contribution in [3.63, 3.8) is 0 Å². The summed E-state index contributed by atoms with van der Waals surface area (Å²) in [6.07, 6.45) is 3.71. The number of fused-ring (bicyclic) bond motifs is 1. The molecule has 6 saturated carbocycles. The van der Waals surface area contributed by atoms with Crippen molar-refractivity contribution in [3.8, 4) is 0 Å². The molecule has 0 spiro atoms. The molecule has 6 aliphatic carbocycles. The van der Waals surface area contributed by atoms with Crippen LogP contribution >= 0.6 is 0 Å². The molecule has 0 aliphatic heterocycles. The molecule has 6 fully saturated rings. The molecule has 0 saturated heterocycles. The van der Waals surface area contributed by atoms with Gasteiger partial charge >= 0.3 is 0 Å². The predicted octanol–water partition coefficient (Wildman–Crippen LogP) is 1.72. The van der Waals surface area contributed by atoms with Crippen LogP contribution in [0.15, 0.2) is 0 Å². The molecule has 6 rings (SSSR count). The van der Waals surface area contributed by atoms with Gasteiger partial charge in [0.2, 0.25) is 0 Å². The van der Waals surface area contributed by atoms with E-state index < -0.39 is 0 Å². The van der Waals surface area contributed by atoms with E-state index in [-0.39, 0.29) is 0 Å². The standard InChI is InChI=1S/C12H14O/c13-7-2-1-4-8-5-3-6-10(8)12(6)11(5)9(4)7/h4-6,8-12H,1-3H2. The zero-order chi connectivity index (χ0) is 8.32. The zero-order valence-electron chi connectivity index (χ0n) is 7.65. The molecule has 1 nitrogen and oxygen atoms in total. The Morgan fingerprint density at radius 2 is 1.69 bits per heavy atom. The Morgan fingerprint density at radius 1 is 0.923 bits per heavy atom. The fourth-order valence-corrected chi connectivity index (χ4v) is 6.22. The third-order valence-electron chi connectivity index (χ3n) is 6.18. The fraction of sp³-hybridized carbons (Fsp3) is 0.917. The summed E-state index contributed by atoms with van der Waals surface area (Å²) in [4.78, 5) is 11.8. The molecule has 8 atom stereocenters. The lowest BCUT2D eigenvalue weighted by molar-refractivity contribution is -0.122. The molecule has 8 unspecified atom stereocenters. The third-order valence-corrected chi connectivity index (χ3v) is 6.18. The van der Waals surface area contributed by atoms with Gasteiger partial charge in [-0.2, -0.15) is 0 Å². The van der Waals surface area contributed by atoms with Gasteiger partial charge in [-0.15, -0.1) is 0 Å². The Labute approximate surface area is 77.9 Å². The van der Waals surface area contributed by atoms with E-state index in [1.165, 1.54) is 12.8 Å². The number of carbonyl (C=O) groups is 1. The van der Waals surface area contributed by atoms with Crippen LogP contribution in [0.2, 0.25) is 0 Å². The summed E-state index contributed by atoms with van der Waals surface area (Å²) in [5.41, 5.74) is 0. The van der Waals surface area contributed by atoms with Gasteiger partial charge in [0, 0.05) is 12.3 Å². The lowest BCUT2D eigenvalue weighted by Crippen LogP contribution is -2.23. The zero-order valence-corrected chi connectivity index (χ0v) is 7.65. The van der Waals surface area contributed by atoms with E-state index in [9.17, 15) is 4.79 Å². The van der Waals surface area contributed by atoms with Crippen LogP contribution in [0, 0.1) is 47.3 Å². The van der Waals surface area contributed by atoms with E-state index in [0.29, 0.717) is 11.7 Å². The second kappa shape index (κ2) is 1.51. The largest absolute Gasteiger partial charge is 0.299 e. The van der Waals surface area contributed by atoms with Gasteiger partial charge in [-0.1, -0.05) is 0 Å². The van der Waals surface area contributed by atoms with Gasteiger partial charge in [-0.25, -0.2) is 0 Å². The Bertz CT molecular complexity index is 334. The van der Waals surface area contributed by atoms with Crippen LogP contribution in [-0.4, -0.2) is 5.78 Å². The van der Waals surface area contributed by atoms with Gasteiger partial charge < -0.3 is 0 Å². The maximum atomic E-state index is 11.8. The minimum Gasteiger partial charge on any atom is -0.299 e. The smallest absolute Gasteiger partial charge is 0.136 e. The summed E-state index contributed by atoms with van der Waals surface area (Å²) in [5.74, 6) is 8.35. The average Bonchev–Trinajstić information content (AvgIpc) is 2.58. The van der Waals surface area contributed by atoms with Gasteiger partial charge in [0.1, 0.15) is 5.78 Å². The summed E-state index contributed by atoms with van der Waals surface area (Å²) in [6, 6.07) is 0. The predicted molar refractivity (Wildman–Crippen MR) is 46.8 cm³/mol. The lowest BCUT2D eigenvalue weighted by Gasteiger charge is -2.21. The van der Waals surface area contributed by atoms with E-state index in [1.54, 1.807) is 0 Å². The quantitative estimate of drug-likeness (QED) is 0.546. The normalized spacial score (nSPS) is 74.9. The van der Waals surface area contributed by atoms with Gasteiger partial charge in [0.15, 0.2) is 0 Å². The first-order valence-electron chi connectivity index (χ1n) is 5.90. The van der Waals surface area contributed by atoms with Gasteiger partial charge in [0.25, 0.3) is 0 Å². The molecule has 6 bridgehead atoms. The van der Waals surface area contributed by atoms with Crippen LogP contribution in [0.1, 0.15) is 19.3 Å². The molecule has 0 radical (unpaired) electrons. The van der Waals surface area contributed by atoms with Crippen LogP contribution in [0.5, 0.6) is 0 Å². The van der Waals surface area contributed by atoms with E-state index in [2.05, 4.69) is 0 Å². The molecular formula is C12H14O. The topological polar surface area (TPSA) is 17.1 Å². The number of rotatable bonds is 0. The van der Waals surface area contributed by atoms with E-state index in [1.807, 2.05) is 0 Å². The average molecular weight is 174 g/mol. The highest BCUT2D eigenvalue weighted by atomic mass is 16.1. The van der Waals surface area contributed by atoms with Gasteiger partial charge in [-0.05, 0) is 54.3 Å². The summed E-state index contributed by atoms with van der Waals surface area (Å²) >= 11 is 0. The van der Waals surface area contributed by atoms with E-state index in [0.717, 1.165) is 47.8 Å². The van der Waals surface area contributed by atoms with Crippen LogP contribution < -0.4 is 0 Å². The third kappa shape index (κ3) is 0.425. The summed E-state index contributed by atoms with van der Waals surface area (Å²) in [7, 11) is 0. The highest BCUT2D eigenvalue weighted by Crippen LogP contribution is 2.84. The Balaban J connectivity index is 1.73. The maximum Gasteiger partial charge on any atom is 0.136 e. The van der Waals surface area contributed by atoms with Crippen LogP contribution in [-0.2, 0) is 4.79 Å². The van der Waals surface area contributed by atoms with E-state index >= 15 is 0 Å². The molecule has 0 aromatic carbocycles. The molecule has 13 heavy (non-hydrogen) atoms. The molecule has 68 valence electrons. The van der Waals surface area contributed by atoms with Crippen molar-refractivity contribution in [3.05, 3.63) is 0 Å². The highest BCUT2D eigenvalue weighted by molar-refractivity contribution is 5.85. The van der Waals surface area contributed by atoms with Crippen molar-refractivity contribution < 1.29 is 4.79 Å². The first-order valence-corrected chi connectivity index (χ1v) is 5.90. The monoisotopic (exact) mass is 174 g/mol. The first-order chi connectivity index (χ1) is 6.38. The minimum atomic E-state index is 0.573. The molecule has 0 amide bonds. The molecule has 6 aliphatic rings. The summed E-state index contributed by atoms with van der Waals surface area (Å²) in [5, 5.41) is 0. The first kappa shape index (κ1) is 6.21. The maximum absolute atomic E-state index is 11.8. The molecule has 0 aromatic rings. The molecular weight excluding hydrogens is 160 g/mol. The number of hydrogen-bond acceptors (Lipinski definition) is 1. The van der Waals surface area contributed by atoms with Crippen LogP contribution in [0.4, 0.5) is 0 Å². The van der Waals surface area contributed by atoms with Crippen molar-refractivity contribution in [2.24, 2.45) is 47.3 Å². The Morgan fingerprint density at radius 3 is 2.54 bits per heavy atom. The summed E-state index contributed by atoms with van der Waals surface area (Å²) < 4.78 is 0. The number of carbonyl (C=O) groups excluding carboxylic acids is 1. The van der Waals surface area contributed by atoms with E-state index in [4.69, 9.17) is 0 Å². The van der Waals surface area contributed by atoms with Crippen LogP contribution in [0.3, 0.4) is 0 Å². The molecule has 0 heterocycles. The minimum absolute atomic E-state index is 0.573. The molecule has 1 heteroatoms. The summed E-state index contributed by atoms with van der Waals surface area (Å²) in [6.45, 7) is 0. The van der Waals surface area contributed by atoms with Crippen molar-refractivity contribution in [2.75, 3.05) is 0 Å². The van der Waals surface area contributed by atoms with Gasteiger partial charge in [0.05, 0.1) is 0 Å². The Hall–Kier alpha value is -0.330. The van der Waals surface area contributed by atoms with Gasteiger partial charge in [-0.3, -0.25) is 4.79 Å².